The number of carbonyl (C=O) groups excluding carboxylic acids is 2. The predicted molar refractivity (Wildman–Crippen MR) is 91.8 cm³/mol. The molecule has 8 nitrogen and oxygen atoms in total. The Bertz CT molecular complexity index is 757. The third-order valence-electron chi connectivity index (χ3n) is 4.13. The maximum absolute atomic E-state index is 12.8. The average molecular weight is 369 g/mol. The molecule has 25 heavy (non-hydrogen) atoms. The lowest BCUT2D eigenvalue weighted by Gasteiger charge is -2.29. The highest BCUT2D eigenvalue weighted by Crippen LogP contribution is 2.21. The van der Waals surface area contributed by atoms with E-state index in [0.717, 1.165) is 4.31 Å². The van der Waals surface area contributed by atoms with E-state index in [0.29, 0.717) is 31.7 Å². The molecule has 1 fully saturated rings. The average Bonchev–Trinajstić information content (AvgIpc) is 2.61. The van der Waals surface area contributed by atoms with Gasteiger partial charge < -0.3 is 15.0 Å². The van der Waals surface area contributed by atoms with Crippen molar-refractivity contribution in [3.8, 4) is 0 Å². The molecule has 0 saturated carbocycles. The number of ether oxygens (including phenoxy) is 1. The number of benzene rings is 1. The van der Waals surface area contributed by atoms with Gasteiger partial charge in [-0.3, -0.25) is 4.79 Å². The molecule has 0 unspecified atom stereocenters. The number of esters is 1. The van der Waals surface area contributed by atoms with Gasteiger partial charge in [-0.05, 0) is 24.6 Å². The van der Waals surface area contributed by atoms with Crippen molar-refractivity contribution >= 4 is 21.9 Å². The molecule has 138 valence electrons. The van der Waals surface area contributed by atoms with Crippen LogP contribution in [-0.2, 0) is 19.6 Å². The summed E-state index contributed by atoms with van der Waals surface area (Å²) < 4.78 is 31.3. The number of carbonyl (C=O) groups is 2. The van der Waals surface area contributed by atoms with Crippen LogP contribution in [0.2, 0.25) is 0 Å². The van der Waals surface area contributed by atoms with Crippen LogP contribution in [0.3, 0.4) is 0 Å². The second kappa shape index (κ2) is 7.94. The fourth-order valence-electron chi connectivity index (χ4n) is 2.58. The monoisotopic (exact) mass is 369 g/mol. The van der Waals surface area contributed by atoms with E-state index >= 15 is 0 Å². The van der Waals surface area contributed by atoms with Crippen molar-refractivity contribution < 1.29 is 22.7 Å². The highest BCUT2D eigenvalue weighted by Gasteiger charge is 2.28. The number of rotatable bonds is 5. The number of sulfonamides is 1. The Morgan fingerprint density at radius 2 is 1.92 bits per heavy atom. The molecule has 1 aromatic rings. The fraction of sp³-hybridized carbons (Fsp3) is 0.500. The van der Waals surface area contributed by atoms with Crippen LogP contribution >= 0.6 is 0 Å². The van der Waals surface area contributed by atoms with E-state index in [1.165, 1.54) is 26.3 Å². The Morgan fingerprint density at radius 3 is 2.52 bits per heavy atom. The zero-order valence-electron chi connectivity index (χ0n) is 14.6. The minimum absolute atomic E-state index is 0.00832. The number of amides is 1. The van der Waals surface area contributed by atoms with Crippen LogP contribution in [0.1, 0.15) is 15.9 Å². The van der Waals surface area contributed by atoms with Gasteiger partial charge in [0.2, 0.25) is 15.9 Å². The van der Waals surface area contributed by atoms with Crippen molar-refractivity contribution in [1.82, 2.24) is 14.5 Å². The molecule has 0 bridgehead atoms. The Morgan fingerprint density at radius 1 is 1.28 bits per heavy atom. The fourth-order valence-corrected chi connectivity index (χ4v) is 3.95. The van der Waals surface area contributed by atoms with E-state index in [9.17, 15) is 18.0 Å². The molecule has 0 atom stereocenters. The third kappa shape index (κ3) is 4.36. The van der Waals surface area contributed by atoms with Crippen molar-refractivity contribution in [1.29, 1.82) is 0 Å². The third-order valence-corrected chi connectivity index (χ3v) is 6.07. The smallest absolute Gasteiger partial charge is 0.337 e. The van der Waals surface area contributed by atoms with Gasteiger partial charge in [-0.25, -0.2) is 13.2 Å². The van der Waals surface area contributed by atoms with E-state index in [1.807, 2.05) is 0 Å². The molecule has 1 aliphatic heterocycles. The quantitative estimate of drug-likeness (QED) is 0.724. The number of nitrogens with zero attached hydrogens (tertiary/aromatic N) is 2. The number of likely N-dealkylation sites (N-methyl/N-ethyl adjacent to an activating group) is 1. The van der Waals surface area contributed by atoms with Gasteiger partial charge in [0.25, 0.3) is 0 Å². The minimum atomic E-state index is -3.91. The summed E-state index contributed by atoms with van der Waals surface area (Å²) in [7, 11) is -1.31. The van der Waals surface area contributed by atoms with Crippen LogP contribution in [0.4, 0.5) is 0 Å². The Hall–Kier alpha value is -1.97. The lowest BCUT2D eigenvalue weighted by molar-refractivity contribution is -0.131. The van der Waals surface area contributed by atoms with Gasteiger partial charge in [0.05, 0.1) is 24.1 Å². The maximum Gasteiger partial charge on any atom is 0.337 e. The van der Waals surface area contributed by atoms with Crippen LogP contribution < -0.4 is 5.32 Å². The molecule has 0 aliphatic carbocycles. The van der Waals surface area contributed by atoms with Gasteiger partial charge in [0, 0.05) is 33.2 Å². The van der Waals surface area contributed by atoms with E-state index in [1.54, 1.807) is 17.9 Å². The molecule has 0 spiro atoms. The van der Waals surface area contributed by atoms with Gasteiger partial charge in [-0.2, -0.15) is 4.31 Å². The van der Waals surface area contributed by atoms with Crippen molar-refractivity contribution in [2.75, 3.05) is 46.9 Å². The van der Waals surface area contributed by atoms with Gasteiger partial charge >= 0.3 is 5.97 Å². The van der Waals surface area contributed by atoms with Crippen LogP contribution in [0.5, 0.6) is 0 Å². The topological polar surface area (TPSA) is 96.0 Å². The number of hydrogen-bond donors (Lipinski definition) is 1. The van der Waals surface area contributed by atoms with Crippen molar-refractivity contribution in [3.05, 3.63) is 29.3 Å². The summed E-state index contributed by atoms with van der Waals surface area (Å²) in [5.74, 6) is -0.856. The van der Waals surface area contributed by atoms with Crippen LogP contribution in [0, 0.1) is 6.92 Å². The molecule has 1 saturated heterocycles. The number of aryl methyl sites for hydroxylation is 1. The molecular formula is C16H23N3O5S. The number of nitrogens with one attached hydrogen (secondary N) is 1. The first kappa shape index (κ1) is 19.4. The molecule has 1 N–H and O–H groups in total. The molecule has 1 heterocycles. The van der Waals surface area contributed by atoms with Crippen LogP contribution in [-0.4, -0.2) is 76.4 Å². The molecule has 1 amide bonds. The molecular weight excluding hydrogens is 346 g/mol. The second-order valence-corrected chi connectivity index (χ2v) is 7.88. The summed E-state index contributed by atoms with van der Waals surface area (Å²) in [6, 6.07) is 4.33. The van der Waals surface area contributed by atoms with Gasteiger partial charge in [-0.15, -0.1) is 0 Å². The van der Waals surface area contributed by atoms with Crippen molar-refractivity contribution in [3.63, 3.8) is 0 Å². The van der Waals surface area contributed by atoms with E-state index < -0.39 is 16.0 Å². The number of piperazine rings is 1. The summed E-state index contributed by atoms with van der Waals surface area (Å²) in [6.07, 6.45) is 0. The minimum Gasteiger partial charge on any atom is -0.465 e. The summed E-state index contributed by atoms with van der Waals surface area (Å²) >= 11 is 0. The van der Waals surface area contributed by atoms with Crippen LogP contribution in [0.25, 0.3) is 0 Å². The first-order chi connectivity index (χ1) is 11.8. The zero-order valence-corrected chi connectivity index (χ0v) is 15.4. The molecule has 1 aromatic carbocycles. The van der Waals surface area contributed by atoms with Gasteiger partial charge in [-0.1, -0.05) is 6.07 Å². The SMILES string of the molecule is COC(=O)c1ccc(C)c(S(=O)(=O)N(C)CC(=O)N2CCNCC2)c1. The van der Waals surface area contributed by atoms with E-state index in [2.05, 4.69) is 10.1 Å². The zero-order chi connectivity index (χ0) is 18.6. The molecule has 2 rings (SSSR count). The van der Waals surface area contributed by atoms with Crippen LogP contribution in [0.15, 0.2) is 23.1 Å². The lowest BCUT2D eigenvalue weighted by Crippen LogP contribution is -2.49. The first-order valence-corrected chi connectivity index (χ1v) is 9.35. The molecule has 0 aromatic heterocycles. The molecule has 0 radical (unpaired) electrons. The summed E-state index contributed by atoms with van der Waals surface area (Å²) in [5, 5.41) is 3.14. The Labute approximate surface area is 147 Å². The second-order valence-electron chi connectivity index (χ2n) is 5.86. The highest BCUT2D eigenvalue weighted by molar-refractivity contribution is 7.89. The predicted octanol–water partition coefficient (Wildman–Crippen LogP) is -0.166. The van der Waals surface area contributed by atoms with Crippen molar-refractivity contribution in [2.24, 2.45) is 0 Å². The standard InChI is InChI=1S/C16H23N3O5S/c1-12-4-5-13(16(21)24-3)10-14(12)25(22,23)18(2)11-15(20)19-8-6-17-7-9-19/h4-5,10,17H,6-9,11H2,1-3H3. The summed E-state index contributed by atoms with van der Waals surface area (Å²) in [4.78, 5) is 25.6. The van der Waals surface area contributed by atoms with E-state index in [4.69, 9.17) is 0 Å². The normalized spacial score (nSPS) is 15.3. The number of hydrogen-bond acceptors (Lipinski definition) is 6. The lowest BCUT2D eigenvalue weighted by atomic mass is 10.1. The Kier molecular flexibility index (Phi) is 6.15. The largest absolute Gasteiger partial charge is 0.465 e. The van der Waals surface area contributed by atoms with Gasteiger partial charge in [0.15, 0.2) is 0 Å². The van der Waals surface area contributed by atoms with Gasteiger partial charge in [0.1, 0.15) is 0 Å². The Balaban J connectivity index is 2.22. The first-order valence-electron chi connectivity index (χ1n) is 7.91. The summed E-state index contributed by atoms with van der Waals surface area (Å²) in [6.45, 7) is 3.91. The number of methoxy groups -OCH3 is 1. The van der Waals surface area contributed by atoms with E-state index in [-0.39, 0.29) is 22.9 Å². The highest BCUT2D eigenvalue weighted by atomic mass is 32.2. The summed E-state index contributed by atoms with van der Waals surface area (Å²) in [5.41, 5.74) is 0.641. The molecule has 9 heteroatoms. The molecule has 1 aliphatic rings. The van der Waals surface area contributed by atoms with Crippen molar-refractivity contribution in [2.45, 2.75) is 11.8 Å². The maximum atomic E-state index is 12.8.